The molecule has 0 saturated carbocycles. The largest absolute Gasteiger partial charge is 0.496 e. The number of halogens is 1. The molecule has 1 rings (SSSR count). The summed E-state index contributed by atoms with van der Waals surface area (Å²) in [6.07, 6.45) is 0. The monoisotopic (exact) mass is 201 g/mol. The van der Waals surface area contributed by atoms with E-state index in [1.165, 1.54) is 7.11 Å². The SMILES string of the molecule is COc1ccccc1C(=O)CN.Cl. The second kappa shape index (κ2) is 5.56. The number of benzene rings is 1. The highest BCUT2D eigenvalue weighted by molar-refractivity contribution is 5.99. The molecule has 0 heterocycles. The maximum Gasteiger partial charge on any atom is 0.180 e. The van der Waals surface area contributed by atoms with Crippen LogP contribution in [0.25, 0.3) is 0 Å². The number of methoxy groups -OCH3 is 1. The van der Waals surface area contributed by atoms with Crippen LogP contribution in [-0.4, -0.2) is 19.4 Å². The summed E-state index contributed by atoms with van der Waals surface area (Å²) in [5.41, 5.74) is 5.77. The minimum atomic E-state index is -0.104. The van der Waals surface area contributed by atoms with E-state index in [1.807, 2.05) is 6.07 Å². The molecule has 1 aromatic rings. The molecule has 2 N–H and O–H groups in total. The van der Waals surface area contributed by atoms with Gasteiger partial charge in [-0.1, -0.05) is 12.1 Å². The molecule has 0 saturated heterocycles. The zero-order valence-corrected chi connectivity index (χ0v) is 8.14. The molecule has 4 heteroatoms. The molecule has 0 aromatic heterocycles. The van der Waals surface area contributed by atoms with Crippen LogP contribution in [0.2, 0.25) is 0 Å². The maximum atomic E-state index is 11.2. The average molecular weight is 202 g/mol. The highest BCUT2D eigenvalue weighted by Gasteiger charge is 2.08. The molecule has 0 amide bonds. The van der Waals surface area contributed by atoms with Gasteiger partial charge in [-0.15, -0.1) is 12.4 Å². The van der Waals surface area contributed by atoms with Crippen molar-refractivity contribution in [2.24, 2.45) is 5.73 Å². The van der Waals surface area contributed by atoms with Gasteiger partial charge in [0.2, 0.25) is 0 Å². The fourth-order valence-electron chi connectivity index (χ4n) is 0.985. The van der Waals surface area contributed by atoms with Crippen LogP contribution in [0.4, 0.5) is 0 Å². The minimum absolute atomic E-state index is 0. The number of rotatable bonds is 3. The summed E-state index contributed by atoms with van der Waals surface area (Å²) < 4.78 is 4.99. The van der Waals surface area contributed by atoms with Gasteiger partial charge in [-0.3, -0.25) is 4.79 Å². The predicted octanol–water partition coefficient (Wildman–Crippen LogP) is 1.26. The van der Waals surface area contributed by atoms with Crippen molar-refractivity contribution in [3.05, 3.63) is 29.8 Å². The molecular formula is C9H12ClNO2. The summed E-state index contributed by atoms with van der Waals surface area (Å²) in [5, 5.41) is 0. The van der Waals surface area contributed by atoms with Crippen molar-refractivity contribution in [1.29, 1.82) is 0 Å². The Morgan fingerprint density at radius 2 is 2.08 bits per heavy atom. The van der Waals surface area contributed by atoms with Crippen LogP contribution in [0, 0.1) is 0 Å². The summed E-state index contributed by atoms with van der Waals surface area (Å²) in [6, 6.07) is 7.04. The van der Waals surface area contributed by atoms with E-state index in [1.54, 1.807) is 18.2 Å². The number of ketones is 1. The Balaban J connectivity index is 0.00000144. The minimum Gasteiger partial charge on any atom is -0.496 e. The quantitative estimate of drug-likeness (QED) is 0.750. The van der Waals surface area contributed by atoms with Crippen molar-refractivity contribution in [3.63, 3.8) is 0 Å². The molecule has 0 fully saturated rings. The van der Waals surface area contributed by atoms with Crippen molar-refractivity contribution in [3.8, 4) is 5.75 Å². The van der Waals surface area contributed by atoms with E-state index in [0.29, 0.717) is 11.3 Å². The van der Waals surface area contributed by atoms with Gasteiger partial charge in [0.1, 0.15) is 5.75 Å². The Morgan fingerprint density at radius 3 is 2.62 bits per heavy atom. The van der Waals surface area contributed by atoms with Gasteiger partial charge in [0, 0.05) is 0 Å². The summed E-state index contributed by atoms with van der Waals surface area (Å²) in [7, 11) is 1.53. The Morgan fingerprint density at radius 1 is 1.46 bits per heavy atom. The van der Waals surface area contributed by atoms with Crippen LogP contribution in [0.5, 0.6) is 5.75 Å². The average Bonchev–Trinajstić information content (AvgIpc) is 2.16. The third-order valence-electron chi connectivity index (χ3n) is 1.59. The van der Waals surface area contributed by atoms with E-state index in [0.717, 1.165) is 0 Å². The topological polar surface area (TPSA) is 52.3 Å². The zero-order valence-electron chi connectivity index (χ0n) is 7.32. The molecule has 1 aromatic carbocycles. The summed E-state index contributed by atoms with van der Waals surface area (Å²) in [6.45, 7) is 0.0143. The zero-order chi connectivity index (χ0) is 8.97. The van der Waals surface area contributed by atoms with Gasteiger partial charge in [-0.05, 0) is 12.1 Å². The first-order valence-corrected chi connectivity index (χ1v) is 3.66. The molecule has 0 bridgehead atoms. The first kappa shape index (κ1) is 11.9. The van der Waals surface area contributed by atoms with Gasteiger partial charge >= 0.3 is 0 Å². The molecule has 13 heavy (non-hydrogen) atoms. The first-order valence-electron chi connectivity index (χ1n) is 3.66. The summed E-state index contributed by atoms with van der Waals surface area (Å²) in [5.74, 6) is 0.473. The van der Waals surface area contributed by atoms with Crippen molar-refractivity contribution >= 4 is 18.2 Å². The predicted molar refractivity (Wildman–Crippen MR) is 53.6 cm³/mol. The van der Waals surface area contributed by atoms with E-state index in [4.69, 9.17) is 10.5 Å². The van der Waals surface area contributed by atoms with E-state index < -0.39 is 0 Å². The normalized spacial score (nSPS) is 8.77. The fourth-order valence-corrected chi connectivity index (χ4v) is 0.985. The lowest BCUT2D eigenvalue weighted by Gasteiger charge is -2.04. The molecule has 0 atom stereocenters. The van der Waals surface area contributed by atoms with Crippen molar-refractivity contribution in [1.82, 2.24) is 0 Å². The second-order valence-corrected chi connectivity index (χ2v) is 2.33. The first-order chi connectivity index (χ1) is 5.79. The van der Waals surface area contributed by atoms with E-state index >= 15 is 0 Å². The van der Waals surface area contributed by atoms with Crippen molar-refractivity contribution in [2.45, 2.75) is 0 Å². The summed E-state index contributed by atoms with van der Waals surface area (Å²) in [4.78, 5) is 11.2. The standard InChI is InChI=1S/C9H11NO2.ClH/c1-12-9-5-3-2-4-7(9)8(11)6-10;/h2-5H,6,10H2,1H3;1H. The van der Waals surface area contributed by atoms with Crippen LogP contribution in [0.1, 0.15) is 10.4 Å². The molecular weight excluding hydrogens is 190 g/mol. The Bertz CT molecular complexity index is 289. The highest BCUT2D eigenvalue weighted by Crippen LogP contribution is 2.16. The smallest absolute Gasteiger partial charge is 0.180 e. The highest BCUT2D eigenvalue weighted by atomic mass is 35.5. The van der Waals surface area contributed by atoms with E-state index in [9.17, 15) is 4.79 Å². The van der Waals surface area contributed by atoms with Crippen LogP contribution in [-0.2, 0) is 0 Å². The lowest BCUT2D eigenvalue weighted by atomic mass is 10.1. The van der Waals surface area contributed by atoms with Gasteiger partial charge < -0.3 is 10.5 Å². The van der Waals surface area contributed by atoms with Gasteiger partial charge in [-0.25, -0.2) is 0 Å². The van der Waals surface area contributed by atoms with Crippen LogP contribution >= 0.6 is 12.4 Å². The van der Waals surface area contributed by atoms with Crippen LogP contribution < -0.4 is 10.5 Å². The molecule has 0 aliphatic heterocycles. The Kier molecular flexibility index (Phi) is 5.11. The molecule has 0 radical (unpaired) electrons. The molecule has 0 aliphatic rings. The number of hydrogen-bond donors (Lipinski definition) is 1. The van der Waals surface area contributed by atoms with Crippen LogP contribution in [0.3, 0.4) is 0 Å². The van der Waals surface area contributed by atoms with Crippen molar-refractivity contribution in [2.75, 3.05) is 13.7 Å². The molecule has 0 unspecified atom stereocenters. The molecule has 3 nitrogen and oxygen atoms in total. The number of ether oxygens (including phenoxy) is 1. The molecule has 0 aliphatic carbocycles. The summed E-state index contributed by atoms with van der Waals surface area (Å²) >= 11 is 0. The lowest BCUT2D eigenvalue weighted by Crippen LogP contribution is -2.14. The van der Waals surface area contributed by atoms with Gasteiger partial charge in [0.25, 0.3) is 0 Å². The number of hydrogen-bond acceptors (Lipinski definition) is 3. The van der Waals surface area contributed by atoms with Gasteiger partial charge in [0.15, 0.2) is 5.78 Å². The Hall–Kier alpha value is -1.06. The van der Waals surface area contributed by atoms with Gasteiger partial charge in [-0.2, -0.15) is 0 Å². The van der Waals surface area contributed by atoms with Crippen molar-refractivity contribution < 1.29 is 9.53 Å². The fraction of sp³-hybridized carbons (Fsp3) is 0.222. The van der Waals surface area contributed by atoms with E-state index in [2.05, 4.69) is 0 Å². The number of carbonyl (C=O) groups excluding carboxylic acids is 1. The lowest BCUT2D eigenvalue weighted by molar-refractivity contribution is 0.0998. The third-order valence-corrected chi connectivity index (χ3v) is 1.59. The van der Waals surface area contributed by atoms with Crippen LogP contribution in [0.15, 0.2) is 24.3 Å². The van der Waals surface area contributed by atoms with E-state index in [-0.39, 0.29) is 24.7 Å². The Labute approximate surface area is 83.3 Å². The maximum absolute atomic E-state index is 11.2. The third kappa shape index (κ3) is 2.72. The number of Topliss-reactive ketones (excluding diaryl/α,β-unsaturated/α-hetero) is 1. The number of carbonyl (C=O) groups is 1. The molecule has 0 spiro atoms. The number of nitrogens with two attached hydrogens (primary N) is 1. The van der Waals surface area contributed by atoms with Gasteiger partial charge in [0.05, 0.1) is 19.2 Å². The number of para-hydroxylation sites is 1. The second-order valence-electron chi connectivity index (χ2n) is 2.33. The molecule has 72 valence electrons.